The first kappa shape index (κ1) is 19.8. The maximum atomic E-state index is 13.1. The molecule has 0 spiro atoms. The Hall–Kier alpha value is -0.280. The van der Waals surface area contributed by atoms with Gasteiger partial charge in [0.05, 0.1) is 13.2 Å². The summed E-state index contributed by atoms with van der Waals surface area (Å²) < 4.78 is 24.6. The van der Waals surface area contributed by atoms with Gasteiger partial charge >= 0.3 is 6.80 Å². The second-order valence-corrected chi connectivity index (χ2v) is 9.84. The van der Waals surface area contributed by atoms with Gasteiger partial charge in [0.1, 0.15) is 0 Å². The van der Waals surface area contributed by atoms with Gasteiger partial charge in [-0.1, -0.05) is 58.7 Å². The summed E-state index contributed by atoms with van der Waals surface area (Å²) >= 11 is 1.23. The highest BCUT2D eigenvalue weighted by molar-refractivity contribution is 8.55. The molecular weight excluding hydrogens is 315 g/mol. The molecule has 0 saturated heterocycles. The van der Waals surface area contributed by atoms with Crippen LogP contribution in [0.1, 0.15) is 46.1 Å². The molecule has 1 aromatic carbocycles. The van der Waals surface area contributed by atoms with Crippen molar-refractivity contribution in [2.75, 3.05) is 13.2 Å². The SMILES string of the molecule is CCC(C)COP(=O)(OCC(C)CC)Sc1ccccc1C. The molecule has 3 nitrogen and oxygen atoms in total. The summed E-state index contributed by atoms with van der Waals surface area (Å²) in [7, 11) is 0. The molecule has 1 rings (SSSR count). The average Bonchev–Trinajstić information content (AvgIpc) is 2.52. The van der Waals surface area contributed by atoms with Crippen molar-refractivity contribution in [2.45, 2.75) is 52.4 Å². The van der Waals surface area contributed by atoms with Crippen LogP contribution in [0.3, 0.4) is 0 Å². The van der Waals surface area contributed by atoms with Gasteiger partial charge in [-0.05, 0) is 41.8 Å². The molecule has 126 valence electrons. The zero-order valence-electron chi connectivity index (χ0n) is 14.4. The molecule has 22 heavy (non-hydrogen) atoms. The highest BCUT2D eigenvalue weighted by atomic mass is 32.7. The van der Waals surface area contributed by atoms with Gasteiger partial charge < -0.3 is 9.05 Å². The lowest BCUT2D eigenvalue weighted by Gasteiger charge is -2.21. The molecule has 0 aromatic heterocycles. The van der Waals surface area contributed by atoms with E-state index in [0.29, 0.717) is 25.0 Å². The van der Waals surface area contributed by atoms with Crippen LogP contribution < -0.4 is 0 Å². The molecule has 0 fully saturated rings. The molecule has 0 aliphatic heterocycles. The van der Waals surface area contributed by atoms with E-state index in [0.717, 1.165) is 23.3 Å². The number of hydrogen-bond acceptors (Lipinski definition) is 4. The lowest BCUT2D eigenvalue weighted by atomic mass is 10.1. The molecule has 0 saturated carbocycles. The molecule has 0 bridgehead atoms. The first-order valence-electron chi connectivity index (χ1n) is 8.04. The first-order chi connectivity index (χ1) is 10.4. The third-order valence-corrected chi connectivity index (χ3v) is 7.43. The largest absolute Gasteiger partial charge is 0.393 e. The van der Waals surface area contributed by atoms with Crippen LogP contribution in [0.15, 0.2) is 29.2 Å². The molecule has 2 unspecified atom stereocenters. The molecule has 0 amide bonds. The van der Waals surface area contributed by atoms with Crippen molar-refractivity contribution in [2.24, 2.45) is 11.8 Å². The van der Waals surface area contributed by atoms with Crippen molar-refractivity contribution >= 4 is 18.2 Å². The van der Waals surface area contributed by atoms with Crippen LogP contribution in [0.5, 0.6) is 0 Å². The van der Waals surface area contributed by atoms with E-state index in [1.165, 1.54) is 11.4 Å². The molecule has 0 aliphatic rings. The van der Waals surface area contributed by atoms with Crippen LogP contribution in [0.25, 0.3) is 0 Å². The summed E-state index contributed by atoms with van der Waals surface area (Å²) in [6, 6.07) is 7.90. The van der Waals surface area contributed by atoms with Gasteiger partial charge in [-0.3, -0.25) is 0 Å². The van der Waals surface area contributed by atoms with Crippen molar-refractivity contribution < 1.29 is 13.6 Å². The van der Waals surface area contributed by atoms with Gasteiger partial charge in [-0.15, -0.1) is 0 Å². The van der Waals surface area contributed by atoms with Crippen LogP contribution in [-0.4, -0.2) is 13.2 Å². The Morgan fingerprint density at radius 3 is 2.00 bits per heavy atom. The van der Waals surface area contributed by atoms with Gasteiger partial charge in [-0.25, -0.2) is 4.57 Å². The zero-order valence-corrected chi connectivity index (χ0v) is 16.1. The Balaban J connectivity index is 2.80. The van der Waals surface area contributed by atoms with Crippen LogP contribution in [0, 0.1) is 18.8 Å². The van der Waals surface area contributed by atoms with Crippen molar-refractivity contribution in [3.05, 3.63) is 29.8 Å². The molecular formula is C17H29O3PS. The number of hydrogen-bond donors (Lipinski definition) is 0. The van der Waals surface area contributed by atoms with Gasteiger partial charge in [0.25, 0.3) is 0 Å². The standard InChI is InChI=1S/C17H29O3PS/c1-6-14(3)12-19-21(18,20-13-15(4)7-2)22-17-11-9-8-10-16(17)5/h8-11,14-15H,6-7,12-13H2,1-5H3. The molecule has 5 heteroatoms. The molecule has 1 aromatic rings. The van der Waals surface area contributed by atoms with E-state index in [4.69, 9.17) is 9.05 Å². The Morgan fingerprint density at radius 2 is 1.55 bits per heavy atom. The molecule has 0 N–H and O–H groups in total. The fourth-order valence-electron chi connectivity index (χ4n) is 1.54. The summed E-state index contributed by atoms with van der Waals surface area (Å²) in [6.07, 6.45) is 2.00. The van der Waals surface area contributed by atoms with Gasteiger partial charge in [-0.2, -0.15) is 0 Å². The maximum Gasteiger partial charge on any atom is 0.393 e. The van der Waals surface area contributed by atoms with E-state index in [1.54, 1.807) is 0 Å². The highest BCUT2D eigenvalue weighted by Gasteiger charge is 2.28. The Bertz CT molecular complexity index is 475. The zero-order chi connectivity index (χ0) is 16.6. The average molecular weight is 344 g/mol. The Kier molecular flexibility index (Phi) is 8.78. The van der Waals surface area contributed by atoms with E-state index < -0.39 is 6.80 Å². The van der Waals surface area contributed by atoms with Crippen molar-refractivity contribution in [1.82, 2.24) is 0 Å². The summed E-state index contributed by atoms with van der Waals surface area (Å²) in [5.74, 6) is 0.746. The first-order valence-corrected chi connectivity index (χ1v) is 11.0. The topological polar surface area (TPSA) is 35.5 Å². The van der Waals surface area contributed by atoms with E-state index >= 15 is 0 Å². The molecule has 0 aliphatic carbocycles. The fraction of sp³-hybridized carbons (Fsp3) is 0.647. The minimum atomic E-state index is -3.19. The van der Waals surface area contributed by atoms with Crippen LogP contribution in [0.4, 0.5) is 0 Å². The van der Waals surface area contributed by atoms with E-state index in [-0.39, 0.29) is 0 Å². The van der Waals surface area contributed by atoms with E-state index in [9.17, 15) is 4.57 Å². The smallest absolute Gasteiger partial charge is 0.300 e. The van der Waals surface area contributed by atoms with Crippen molar-refractivity contribution in [3.63, 3.8) is 0 Å². The quantitative estimate of drug-likeness (QED) is 0.465. The van der Waals surface area contributed by atoms with Crippen LogP contribution in [0.2, 0.25) is 0 Å². The molecule has 2 atom stereocenters. The Labute approximate surface area is 139 Å². The van der Waals surface area contributed by atoms with E-state index in [1.807, 2.05) is 31.2 Å². The van der Waals surface area contributed by atoms with E-state index in [2.05, 4.69) is 27.7 Å². The maximum absolute atomic E-state index is 13.1. The predicted octanol–water partition coefficient (Wildman–Crippen LogP) is 6.32. The summed E-state index contributed by atoms with van der Waals surface area (Å²) in [5.41, 5.74) is 1.09. The monoisotopic (exact) mass is 344 g/mol. The van der Waals surface area contributed by atoms with Gasteiger partial charge in [0, 0.05) is 4.90 Å². The minimum Gasteiger partial charge on any atom is -0.300 e. The number of benzene rings is 1. The van der Waals surface area contributed by atoms with Crippen molar-refractivity contribution in [3.8, 4) is 0 Å². The second kappa shape index (κ2) is 9.77. The lowest BCUT2D eigenvalue weighted by Crippen LogP contribution is -2.07. The van der Waals surface area contributed by atoms with Gasteiger partial charge in [0.2, 0.25) is 0 Å². The molecule has 0 heterocycles. The minimum absolute atomic E-state index is 0.373. The molecule has 0 radical (unpaired) electrons. The third kappa shape index (κ3) is 6.87. The Morgan fingerprint density at radius 1 is 1.05 bits per heavy atom. The number of rotatable bonds is 10. The summed E-state index contributed by atoms with van der Waals surface area (Å²) in [4.78, 5) is 0.958. The number of aryl methyl sites for hydroxylation is 1. The normalized spacial score (nSPS) is 17.0. The highest BCUT2D eigenvalue weighted by Crippen LogP contribution is 2.64. The van der Waals surface area contributed by atoms with Gasteiger partial charge in [0.15, 0.2) is 0 Å². The summed E-state index contributed by atoms with van der Waals surface area (Å²) in [5, 5.41) is 0. The third-order valence-electron chi connectivity index (χ3n) is 3.73. The van der Waals surface area contributed by atoms with Crippen molar-refractivity contribution in [1.29, 1.82) is 0 Å². The van der Waals surface area contributed by atoms with Crippen LogP contribution in [-0.2, 0) is 13.6 Å². The second-order valence-electron chi connectivity index (χ2n) is 5.92. The lowest BCUT2D eigenvalue weighted by molar-refractivity contribution is 0.177. The fourth-order valence-corrected chi connectivity index (χ4v) is 5.21. The van der Waals surface area contributed by atoms with Crippen LogP contribution >= 0.6 is 18.2 Å². The summed E-state index contributed by atoms with van der Waals surface area (Å²) in [6.45, 7) is 8.15. The predicted molar refractivity (Wildman–Crippen MR) is 95.5 cm³/mol.